The molecule has 0 aliphatic carbocycles. The molecule has 0 aliphatic rings. The summed E-state index contributed by atoms with van der Waals surface area (Å²) in [5.41, 5.74) is 5.52. The average Bonchev–Trinajstić information content (AvgIpc) is 3.02. The Balaban J connectivity index is 1.52. The van der Waals surface area contributed by atoms with E-state index >= 15 is 0 Å². The van der Waals surface area contributed by atoms with Crippen molar-refractivity contribution in [2.75, 3.05) is 17.6 Å². The number of carboxylic acid groups (broad SMARTS) is 1. The lowest BCUT2D eigenvalue weighted by molar-refractivity contribution is -0.117. The van der Waals surface area contributed by atoms with Gasteiger partial charge in [0.05, 0.1) is 17.2 Å². The molecular formula is C37H38N2O7S. The minimum Gasteiger partial charge on any atom is -0.478 e. The van der Waals surface area contributed by atoms with Crippen molar-refractivity contribution < 1.29 is 32.5 Å². The number of allylic oxidation sites excluding steroid dienone is 1. The normalized spacial score (nSPS) is 12.4. The second-order valence-corrected chi connectivity index (χ2v) is 13.9. The second-order valence-electron chi connectivity index (χ2n) is 12.3. The van der Waals surface area contributed by atoms with Gasteiger partial charge < -0.3 is 15.7 Å². The lowest BCUT2D eigenvalue weighted by atomic mass is 9.89. The van der Waals surface area contributed by atoms with Gasteiger partial charge in [0.2, 0.25) is 5.91 Å². The molecule has 244 valence electrons. The third kappa shape index (κ3) is 10.8. The van der Waals surface area contributed by atoms with Gasteiger partial charge in [0.25, 0.3) is 16.0 Å². The van der Waals surface area contributed by atoms with E-state index in [2.05, 4.69) is 43.6 Å². The van der Waals surface area contributed by atoms with E-state index in [-0.39, 0.29) is 23.4 Å². The van der Waals surface area contributed by atoms with Gasteiger partial charge in [-0.1, -0.05) is 93.6 Å². The lowest BCUT2D eigenvalue weighted by Gasteiger charge is -2.19. The number of nitrogens with one attached hydrogen (secondary N) is 2. The Hall–Kier alpha value is -5.06. The average molecular weight is 655 g/mol. The number of aromatic carboxylic acids is 1. The summed E-state index contributed by atoms with van der Waals surface area (Å²) in [4.78, 5) is 37.4. The molecular weight excluding hydrogens is 616 g/mol. The van der Waals surface area contributed by atoms with Crippen molar-refractivity contribution in [3.05, 3.63) is 131 Å². The number of benzene rings is 4. The predicted octanol–water partition coefficient (Wildman–Crippen LogP) is 6.69. The molecule has 0 saturated heterocycles. The zero-order valence-electron chi connectivity index (χ0n) is 26.4. The van der Waals surface area contributed by atoms with Crippen LogP contribution in [0.4, 0.5) is 5.69 Å². The van der Waals surface area contributed by atoms with Crippen LogP contribution in [-0.4, -0.2) is 48.2 Å². The fraction of sp³-hybridized carbons (Fsp3) is 0.216. The van der Waals surface area contributed by atoms with E-state index < -0.39 is 33.7 Å². The molecule has 10 heteroatoms. The topological polar surface area (TPSA) is 150 Å². The summed E-state index contributed by atoms with van der Waals surface area (Å²) >= 11 is 0. The van der Waals surface area contributed by atoms with Crippen molar-refractivity contribution in [3.8, 4) is 11.1 Å². The van der Waals surface area contributed by atoms with Crippen LogP contribution in [0.3, 0.4) is 0 Å². The van der Waals surface area contributed by atoms with Gasteiger partial charge in [-0.2, -0.15) is 8.42 Å². The Labute approximate surface area is 275 Å². The first kappa shape index (κ1) is 34.8. The van der Waals surface area contributed by atoms with Crippen LogP contribution in [0.25, 0.3) is 17.2 Å². The Bertz CT molecular complexity index is 1840. The number of amides is 2. The zero-order chi connectivity index (χ0) is 34.2. The molecule has 0 spiro atoms. The summed E-state index contributed by atoms with van der Waals surface area (Å²) in [5.74, 6) is -2.83. The summed E-state index contributed by atoms with van der Waals surface area (Å²) in [6.07, 6.45) is 4.52. The fourth-order valence-corrected chi connectivity index (χ4v) is 5.11. The standard InChI is InChI=1S/C37H38N2O7S/c1-37(2,3)21-20-25-4-8-29(9-5-25)33(24-26-6-10-30(11-7-26)34(40)38-22-23-47(44,45)46)35(41)39-32-18-16-28(17-19-32)27-12-14-31(15-13-27)36(42)43/h4-21,33H,22-24H2,1-3H3,(H,38,40)(H,39,41)(H,42,43)(H,44,45,46)/b21-20+. The molecule has 0 bridgehead atoms. The number of carboxylic acids is 1. The molecule has 9 nitrogen and oxygen atoms in total. The minimum atomic E-state index is -4.19. The van der Waals surface area contributed by atoms with Crippen molar-refractivity contribution in [1.82, 2.24) is 5.32 Å². The van der Waals surface area contributed by atoms with Crippen LogP contribution in [0.2, 0.25) is 0 Å². The molecule has 1 atom stereocenters. The quantitative estimate of drug-likeness (QED) is 0.124. The smallest absolute Gasteiger partial charge is 0.335 e. The minimum absolute atomic E-state index is 0.0260. The van der Waals surface area contributed by atoms with Crippen LogP contribution in [0, 0.1) is 5.41 Å². The highest BCUT2D eigenvalue weighted by molar-refractivity contribution is 7.85. The molecule has 4 aromatic rings. The molecule has 0 aliphatic heterocycles. The predicted molar refractivity (Wildman–Crippen MR) is 184 cm³/mol. The molecule has 4 rings (SSSR count). The Morgan fingerprint density at radius 2 is 1.34 bits per heavy atom. The number of rotatable bonds is 12. The van der Waals surface area contributed by atoms with Crippen LogP contribution in [0.5, 0.6) is 0 Å². The second kappa shape index (κ2) is 15.0. The van der Waals surface area contributed by atoms with Crippen LogP contribution in [0.15, 0.2) is 103 Å². The summed E-state index contributed by atoms with van der Waals surface area (Å²) in [6, 6.07) is 28.4. The highest BCUT2D eigenvalue weighted by Crippen LogP contribution is 2.27. The first-order valence-electron chi connectivity index (χ1n) is 15.0. The lowest BCUT2D eigenvalue weighted by Crippen LogP contribution is -2.28. The van der Waals surface area contributed by atoms with Gasteiger partial charge in [0.1, 0.15) is 0 Å². The first-order valence-corrected chi connectivity index (χ1v) is 16.6. The van der Waals surface area contributed by atoms with E-state index in [0.717, 1.165) is 27.8 Å². The number of anilines is 1. The SMILES string of the molecule is CC(C)(C)/C=C/c1ccc(C(Cc2ccc(C(=O)NCCS(=O)(=O)O)cc2)C(=O)Nc2ccc(-c3ccc(C(=O)O)cc3)cc2)cc1. The van der Waals surface area contributed by atoms with Gasteiger partial charge in [-0.15, -0.1) is 0 Å². The van der Waals surface area contributed by atoms with E-state index in [1.807, 2.05) is 36.4 Å². The van der Waals surface area contributed by atoms with Crippen LogP contribution in [-0.2, 0) is 21.3 Å². The van der Waals surface area contributed by atoms with Gasteiger partial charge >= 0.3 is 5.97 Å². The van der Waals surface area contributed by atoms with Gasteiger partial charge in [0, 0.05) is 17.8 Å². The van der Waals surface area contributed by atoms with E-state index in [1.54, 1.807) is 60.7 Å². The molecule has 0 heterocycles. The van der Waals surface area contributed by atoms with E-state index in [9.17, 15) is 22.8 Å². The van der Waals surface area contributed by atoms with Crippen LogP contribution < -0.4 is 10.6 Å². The summed E-state index contributed by atoms with van der Waals surface area (Å²) in [5, 5.41) is 14.6. The van der Waals surface area contributed by atoms with Crippen molar-refractivity contribution in [3.63, 3.8) is 0 Å². The van der Waals surface area contributed by atoms with Crippen LogP contribution >= 0.6 is 0 Å². The molecule has 4 aromatic carbocycles. The summed E-state index contributed by atoms with van der Waals surface area (Å²) < 4.78 is 30.7. The molecule has 1 unspecified atom stereocenters. The van der Waals surface area contributed by atoms with Crippen LogP contribution in [0.1, 0.15) is 64.1 Å². The maximum atomic E-state index is 13.8. The third-order valence-electron chi connectivity index (χ3n) is 7.35. The van der Waals surface area contributed by atoms with Crippen molar-refractivity contribution in [2.24, 2.45) is 5.41 Å². The molecule has 4 N–H and O–H groups in total. The zero-order valence-corrected chi connectivity index (χ0v) is 27.3. The highest BCUT2D eigenvalue weighted by Gasteiger charge is 2.22. The molecule has 0 saturated carbocycles. The summed E-state index contributed by atoms with van der Waals surface area (Å²) in [6.45, 7) is 6.14. The van der Waals surface area contributed by atoms with E-state index in [4.69, 9.17) is 9.66 Å². The largest absolute Gasteiger partial charge is 0.478 e. The maximum Gasteiger partial charge on any atom is 0.335 e. The first-order chi connectivity index (χ1) is 22.2. The molecule has 0 fully saturated rings. The fourth-order valence-electron chi connectivity index (χ4n) is 4.75. The Morgan fingerprint density at radius 3 is 1.87 bits per heavy atom. The molecule has 47 heavy (non-hydrogen) atoms. The number of hydrogen-bond acceptors (Lipinski definition) is 5. The van der Waals surface area contributed by atoms with E-state index in [1.165, 1.54) is 0 Å². The van der Waals surface area contributed by atoms with Gasteiger partial charge in [-0.3, -0.25) is 14.1 Å². The van der Waals surface area contributed by atoms with Crippen molar-refractivity contribution >= 4 is 39.7 Å². The molecule has 0 aromatic heterocycles. The van der Waals surface area contributed by atoms with Gasteiger partial charge in [-0.05, 0) is 76.1 Å². The van der Waals surface area contributed by atoms with Gasteiger partial charge in [0.15, 0.2) is 0 Å². The maximum absolute atomic E-state index is 13.8. The van der Waals surface area contributed by atoms with Crippen molar-refractivity contribution in [2.45, 2.75) is 33.1 Å². The number of carbonyl (C=O) groups excluding carboxylic acids is 2. The number of hydrogen-bond donors (Lipinski definition) is 4. The number of carbonyl (C=O) groups is 3. The summed E-state index contributed by atoms with van der Waals surface area (Å²) in [7, 11) is -4.19. The molecule has 0 radical (unpaired) electrons. The third-order valence-corrected chi connectivity index (χ3v) is 8.07. The molecule has 2 amide bonds. The Morgan fingerprint density at radius 1 is 0.787 bits per heavy atom. The van der Waals surface area contributed by atoms with E-state index in [0.29, 0.717) is 17.7 Å². The van der Waals surface area contributed by atoms with Gasteiger partial charge in [-0.25, -0.2) is 4.79 Å². The van der Waals surface area contributed by atoms with Crippen molar-refractivity contribution in [1.29, 1.82) is 0 Å². The highest BCUT2D eigenvalue weighted by atomic mass is 32.2. The Kier molecular flexibility index (Phi) is 11.1. The monoisotopic (exact) mass is 654 g/mol.